The van der Waals surface area contributed by atoms with Gasteiger partial charge in [0.1, 0.15) is 0 Å². The highest BCUT2D eigenvalue weighted by Crippen LogP contribution is 2.31. The molecule has 0 radical (unpaired) electrons. The van der Waals surface area contributed by atoms with E-state index in [-0.39, 0.29) is 0 Å². The predicted octanol–water partition coefficient (Wildman–Crippen LogP) is 2.49. The van der Waals surface area contributed by atoms with Crippen LogP contribution in [0.15, 0.2) is 0 Å². The van der Waals surface area contributed by atoms with Gasteiger partial charge in [0.25, 0.3) is 0 Å². The van der Waals surface area contributed by atoms with Gasteiger partial charge in [0.2, 0.25) is 0 Å². The summed E-state index contributed by atoms with van der Waals surface area (Å²) in [5, 5.41) is 0. The van der Waals surface area contributed by atoms with Gasteiger partial charge in [0, 0.05) is 27.2 Å². The number of rotatable bonds is 7. The van der Waals surface area contributed by atoms with E-state index in [2.05, 4.69) is 0 Å². The summed E-state index contributed by atoms with van der Waals surface area (Å²) in [7, 11) is 5.31. The van der Waals surface area contributed by atoms with E-state index in [4.69, 9.17) is 14.2 Å². The summed E-state index contributed by atoms with van der Waals surface area (Å²) in [5.74, 6) is 1.05. The maximum atomic E-state index is 5.70. The van der Waals surface area contributed by atoms with Crippen LogP contribution in [0.1, 0.15) is 32.1 Å². The number of ether oxygens (including phenoxy) is 3. The molecule has 0 aromatic rings. The summed E-state index contributed by atoms with van der Waals surface area (Å²) in [6.07, 6.45) is 6.95. The molecule has 1 saturated carbocycles. The van der Waals surface area contributed by atoms with Crippen molar-refractivity contribution in [1.82, 2.24) is 0 Å². The number of methoxy groups -OCH3 is 3. The lowest BCUT2D eigenvalue weighted by Gasteiger charge is -2.34. The fraction of sp³-hybridized carbons (Fsp3) is 1.00. The molecule has 16 heavy (non-hydrogen) atoms. The molecule has 0 aromatic heterocycles. The Morgan fingerprint density at radius 2 is 1.50 bits per heavy atom. The van der Waals surface area contributed by atoms with E-state index in [1.807, 2.05) is 7.11 Å². The van der Waals surface area contributed by atoms with Gasteiger partial charge in [0.15, 0.2) is 0 Å². The average Bonchev–Trinajstić information content (AvgIpc) is 2.32. The number of hydrogen-bond donors (Lipinski definition) is 0. The Morgan fingerprint density at radius 3 is 1.94 bits per heavy atom. The first kappa shape index (κ1) is 13.9. The van der Waals surface area contributed by atoms with Gasteiger partial charge in [-0.3, -0.25) is 0 Å². The fourth-order valence-corrected chi connectivity index (χ4v) is 2.90. The molecule has 1 rings (SSSR count). The molecule has 0 heterocycles. The van der Waals surface area contributed by atoms with Crippen molar-refractivity contribution in [2.24, 2.45) is 11.8 Å². The minimum Gasteiger partial charge on any atom is -0.384 e. The summed E-state index contributed by atoms with van der Waals surface area (Å²) in [5.41, 5.74) is 0. The van der Waals surface area contributed by atoms with Crippen molar-refractivity contribution in [3.05, 3.63) is 0 Å². The minimum absolute atomic E-state index is 0.292. The third-order valence-electron chi connectivity index (χ3n) is 3.61. The second kappa shape index (κ2) is 8.04. The molecule has 0 bridgehead atoms. The first-order valence-electron chi connectivity index (χ1n) is 6.34. The predicted molar refractivity (Wildman–Crippen MR) is 64.6 cm³/mol. The van der Waals surface area contributed by atoms with Crippen LogP contribution < -0.4 is 0 Å². The smallest absolute Gasteiger partial charge is 0.0671 e. The average molecular weight is 230 g/mol. The van der Waals surface area contributed by atoms with E-state index < -0.39 is 0 Å². The highest BCUT2D eigenvalue weighted by atomic mass is 16.5. The van der Waals surface area contributed by atoms with Crippen LogP contribution in [0.25, 0.3) is 0 Å². The SMILES string of the molecule is COCC(COC)C(OC)C1CCCCC1. The van der Waals surface area contributed by atoms with Crippen molar-refractivity contribution >= 4 is 0 Å². The molecule has 3 heteroatoms. The first-order chi connectivity index (χ1) is 7.83. The van der Waals surface area contributed by atoms with Crippen molar-refractivity contribution in [3.8, 4) is 0 Å². The molecule has 0 aliphatic heterocycles. The Morgan fingerprint density at radius 1 is 0.938 bits per heavy atom. The quantitative estimate of drug-likeness (QED) is 0.672. The van der Waals surface area contributed by atoms with E-state index in [1.165, 1.54) is 32.1 Å². The molecule has 3 nitrogen and oxygen atoms in total. The van der Waals surface area contributed by atoms with Gasteiger partial charge in [-0.15, -0.1) is 0 Å². The lowest BCUT2D eigenvalue weighted by Crippen LogP contribution is -2.37. The van der Waals surface area contributed by atoms with E-state index in [1.54, 1.807) is 14.2 Å². The molecular weight excluding hydrogens is 204 g/mol. The van der Waals surface area contributed by atoms with Crippen molar-refractivity contribution in [2.45, 2.75) is 38.2 Å². The van der Waals surface area contributed by atoms with Gasteiger partial charge in [-0.05, 0) is 18.8 Å². The standard InChI is InChI=1S/C13H26O3/c1-14-9-12(10-15-2)13(16-3)11-7-5-4-6-8-11/h11-13H,4-10H2,1-3H3. The molecule has 1 atom stereocenters. The van der Waals surface area contributed by atoms with E-state index in [0.29, 0.717) is 17.9 Å². The van der Waals surface area contributed by atoms with E-state index in [0.717, 1.165) is 13.2 Å². The van der Waals surface area contributed by atoms with Crippen LogP contribution in [0.5, 0.6) is 0 Å². The van der Waals surface area contributed by atoms with Crippen molar-refractivity contribution in [2.75, 3.05) is 34.5 Å². The molecule has 0 N–H and O–H groups in total. The molecule has 96 valence electrons. The summed E-state index contributed by atoms with van der Waals surface area (Å²) >= 11 is 0. The van der Waals surface area contributed by atoms with E-state index in [9.17, 15) is 0 Å². The van der Waals surface area contributed by atoms with Gasteiger partial charge in [0.05, 0.1) is 19.3 Å². The molecule has 1 aliphatic rings. The molecule has 0 amide bonds. The zero-order chi connectivity index (χ0) is 11.8. The Labute approximate surface area is 99.5 Å². The van der Waals surface area contributed by atoms with Crippen molar-refractivity contribution < 1.29 is 14.2 Å². The molecule has 0 saturated heterocycles. The maximum Gasteiger partial charge on any atom is 0.0671 e. The van der Waals surface area contributed by atoms with Crippen LogP contribution in [-0.4, -0.2) is 40.6 Å². The largest absolute Gasteiger partial charge is 0.384 e. The van der Waals surface area contributed by atoms with Crippen LogP contribution in [0.3, 0.4) is 0 Å². The Bertz CT molecular complexity index is 161. The fourth-order valence-electron chi connectivity index (χ4n) is 2.90. The summed E-state index contributed by atoms with van der Waals surface area (Å²) in [6, 6.07) is 0. The number of hydrogen-bond acceptors (Lipinski definition) is 3. The Hall–Kier alpha value is -0.120. The first-order valence-corrected chi connectivity index (χ1v) is 6.34. The zero-order valence-electron chi connectivity index (χ0n) is 10.9. The highest BCUT2D eigenvalue weighted by Gasteiger charge is 2.30. The molecular formula is C13H26O3. The van der Waals surface area contributed by atoms with Gasteiger partial charge < -0.3 is 14.2 Å². The Balaban J connectivity index is 2.52. The summed E-state index contributed by atoms with van der Waals surface area (Å²) < 4.78 is 16.2. The topological polar surface area (TPSA) is 27.7 Å². The maximum absolute atomic E-state index is 5.70. The second-order valence-corrected chi connectivity index (χ2v) is 4.77. The van der Waals surface area contributed by atoms with Crippen molar-refractivity contribution in [3.63, 3.8) is 0 Å². The van der Waals surface area contributed by atoms with Crippen LogP contribution in [0.2, 0.25) is 0 Å². The molecule has 0 spiro atoms. The molecule has 1 unspecified atom stereocenters. The molecule has 1 fully saturated rings. The lowest BCUT2D eigenvalue weighted by molar-refractivity contribution is -0.0553. The van der Waals surface area contributed by atoms with Gasteiger partial charge in [-0.25, -0.2) is 0 Å². The van der Waals surface area contributed by atoms with Crippen LogP contribution in [-0.2, 0) is 14.2 Å². The van der Waals surface area contributed by atoms with Crippen molar-refractivity contribution in [1.29, 1.82) is 0 Å². The summed E-state index contributed by atoms with van der Waals surface area (Å²) in [6.45, 7) is 1.45. The highest BCUT2D eigenvalue weighted by molar-refractivity contribution is 4.80. The second-order valence-electron chi connectivity index (χ2n) is 4.77. The minimum atomic E-state index is 0.292. The monoisotopic (exact) mass is 230 g/mol. The van der Waals surface area contributed by atoms with Gasteiger partial charge in [-0.1, -0.05) is 19.3 Å². The van der Waals surface area contributed by atoms with E-state index >= 15 is 0 Å². The third-order valence-corrected chi connectivity index (χ3v) is 3.61. The summed E-state index contributed by atoms with van der Waals surface area (Å²) in [4.78, 5) is 0. The van der Waals surface area contributed by atoms with Crippen LogP contribution >= 0.6 is 0 Å². The lowest BCUT2D eigenvalue weighted by atomic mass is 9.80. The zero-order valence-corrected chi connectivity index (χ0v) is 10.9. The van der Waals surface area contributed by atoms with Crippen LogP contribution in [0, 0.1) is 11.8 Å². The normalized spacial score (nSPS) is 20.2. The Kier molecular flexibility index (Phi) is 7.01. The molecule has 0 aromatic carbocycles. The third kappa shape index (κ3) is 4.04. The van der Waals surface area contributed by atoms with Gasteiger partial charge >= 0.3 is 0 Å². The van der Waals surface area contributed by atoms with Gasteiger partial charge in [-0.2, -0.15) is 0 Å². The van der Waals surface area contributed by atoms with Crippen LogP contribution in [0.4, 0.5) is 0 Å². The molecule has 1 aliphatic carbocycles.